The molecule has 3 aromatic carbocycles. The van der Waals surface area contributed by atoms with Gasteiger partial charge in [0.1, 0.15) is 0 Å². The Labute approximate surface area is 129 Å². The average Bonchev–Trinajstić information content (AvgIpc) is 2.59. The summed E-state index contributed by atoms with van der Waals surface area (Å²) in [5, 5.41) is 2.31. The van der Waals surface area contributed by atoms with Gasteiger partial charge in [-0.25, -0.2) is 0 Å². The molecule has 1 amide bonds. The summed E-state index contributed by atoms with van der Waals surface area (Å²) in [6, 6.07) is 24.3. The minimum atomic E-state index is -0.0603. The van der Waals surface area contributed by atoms with Gasteiger partial charge in [-0.3, -0.25) is 9.69 Å². The number of hydrogen-bond donors (Lipinski definition) is 0. The van der Waals surface area contributed by atoms with Crippen molar-refractivity contribution in [3.05, 3.63) is 90.5 Å². The second-order valence-corrected chi connectivity index (χ2v) is 5.55. The normalized spacial score (nSPS) is 17.6. The average molecular weight is 285 g/mol. The van der Waals surface area contributed by atoms with Crippen LogP contribution in [0.15, 0.2) is 84.9 Å². The van der Waals surface area contributed by atoms with Crippen molar-refractivity contribution in [2.24, 2.45) is 0 Å². The standard InChI is InChI=1S/C20H15NO/c1-14-19(16-8-3-2-4-9-16)21(20(14)22)18-12-11-15-7-5-6-10-17(15)13-18/h2-13,19H,1H2/t19-/m0/s1. The highest BCUT2D eigenvalue weighted by Gasteiger charge is 2.42. The first-order valence-electron chi connectivity index (χ1n) is 7.32. The number of hydrogen-bond acceptors (Lipinski definition) is 1. The summed E-state index contributed by atoms with van der Waals surface area (Å²) in [4.78, 5) is 14.1. The van der Waals surface area contributed by atoms with Gasteiger partial charge >= 0.3 is 0 Å². The van der Waals surface area contributed by atoms with Crippen LogP contribution in [0.3, 0.4) is 0 Å². The summed E-state index contributed by atoms with van der Waals surface area (Å²) in [6.07, 6.45) is 0. The highest BCUT2D eigenvalue weighted by Crippen LogP contribution is 2.42. The maximum atomic E-state index is 12.3. The summed E-state index contributed by atoms with van der Waals surface area (Å²) in [7, 11) is 0. The maximum absolute atomic E-state index is 12.3. The van der Waals surface area contributed by atoms with E-state index in [0.29, 0.717) is 5.57 Å². The smallest absolute Gasteiger partial charge is 0.256 e. The minimum absolute atomic E-state index is 0.00383. The highest BCUT2D eigenvalue weighted by atomic mass is 16.2. The number of nitrogens with zero attached hydrogens (tertiary/aromatic N) is 1. The number of anilines is 1. The van der Waals surface area contributed by atoms with Gasteiger partial charge in [-0.2, -0.15) is 0 Å². The Balaban J connectivity index is 1.79. The highest BCUT2D eigenvalue weighted by molar-refractivity contribution is 6.15. The Kier molecular flexibility index (Phi) is 2.83. The number of amides is 1. The second kappa shape index (κ2) is 4.85. The van der Waals surface area contributed by atoms with Crippen LogP contribution in [0.1, 0.15) is 11.6 Å². The lowest BCUT2D eigenvalue weighted by Crippen LogP contribution is -2.48. The van der Waals surface area contributed by atoms with Crippen LogP contribution in [0.5, 0.6) is 0 Å². The number of carbonyl (C=O) groups excluding carboxylic acids is 1. The van der Waals surface area contributed by atoms with Crippen LogP contribution >= 0.6 is 0 Å². The van der Waals surface area contributed by atoms with Gasteiger partial charge in [0.15, 0.2) is 0 Å². The van der Waals surface area contributed by atoms with Crippen LogP contribution in [0, 0.1) is 0 Å². The van der Waals surface area contributed by atoms with E-state index in [1.165, 1.54) is 5.39 Å². The molecule has 4 rings (SSSR count). The van der Waals surface area contributed by atoms with E-state index in [1.807, 2.05) is 53.4 Å². The zero-order chi connectivity index (χ0) is 15.1. The van der Waals surface area contributed by atoms with Gasteiger partial charge < -0.3 is 0 Å². The summed E-state index contributed by atoms with van der Waals surface area (Å²) in [6.45, 7) is 3.95. The molecule has 1 heterocycles. The number of fused-ring (bicyclic) bond motifs is 1. The van der Waals surface area contributed by atoms with Gasteiger partial charge in [-0.1, -0.05) is 67.2 Å². The molecule has 0 N–H and O–H groups in total. The first kappa shape index (κ1) is 12.8. The van der Waals surface area contributed by atoms with Gasteiger partial charge in [-0.05, 0) is 28.5 Å². The molecule has 1 aliphatic rings. The third-order valence-corrected chi connectivity index (χ3v) is 4.21. The van der Waals surface area contributed by atoms with Gasteiger partial charge in [0, 0.05) is 11.3 Å². The van der Waals surface area contributed by atoms with Crippen molar-refractivity contribution < 1.29 is 4.79 Å². The Morgan fingerprint density at radius 1 is 0.818 bits per heavy atom. The molecule has 0 bridgehead atoms. The van der Waals surface area contributed by atoms with Crippen molar-refractivity contribution >= 4 is 22.4 Å². The van der Waals surface area contributed by atoms with Crippen molar-refractivity contribution in [1.82, 2.24) is 0 Å². The van der Waals surface area contributed by atoms with E-state index < -0.39 is 0 Å². The molecule has 1 fully saturated rings. The summed E-state index contributed by atoms with van der Waals surface area (Å²) in [5.74, 6) is 0.00383. The van der Waals surface area contributed by atoms with Gasteiger partial charge in [0.05, 0.1) is 6.04 Å². The second-order valence-electron chi connectivity index (χ2n) is 5.55. The largest absolute Gasteiger partial charge is 0.297 e. The SMILES string of the molecule is C=C1C(=O)N(c2ccc3ccccc3c2)[C@@H]1c1ccccc1. The molecule has 1 saturated heterocycles. The number of β-lactam (4-membered cyclic amide) rings is 1. The maximum Gasteiger partial charge on any atom is 0.256 e. The lowest BCUT2D eigenvalue weighted by atomic mass is 9.88. The van der Waals surface area contributed by atoms with Crippen LogP contribution < -0.4 is 4.90 Å². The van der Waals surface area contributed by atoms with Gasteiger partial charge in [0.2, 0.25) is 0 Å². The molecular weight excluding hydrogens is 270 g/mol. The van der Waals surface area contributed by atoms with Gasteiger partial charge in [-0.15, -0.1) is 0 Å². The van der Waals surface area contributed by atoms with Crippen LogP contribution in [0.25, 0.3) is 10.8 Å². The van der Waals surface area contributed by atoms with Crippen molar-refractivity contribution in [2.45, 2.75) is 6.04 Å². The molecule has 0 aliphatic carbocycles. The molecule has 0 unspecified atom stereocenters. The predicted octanol–water partition coefficient (Wildman–Crippen LogP) is 4.48. The van der Waals surface area contributed by atoms with Gasteiger partial charge in [0.25, 0.3) is 5.91 Å². The van der Waals surface area contributed by atoms with Crippen LogP contribution in [0.2, 0.25) is 0 Å². The van der Waals surface area contributed by atoms with E-state index in [-0.39, 0.29) is 11.9 Å². The lowest BCUT2D eigenvalue weighted by Gasteiger charge is -2.42. The van der Waals surface area contributed by atoms with E-state index >= 15 is 0 Å². The molecule has 2 nitrogen and oxygen atoms in total. The van der Waals surface area contributed by atoms with Crippen molar-refractivity contribution in [1.29, 1.82) is 0 Å². The Morgan fingerprint density at radius 2 is 1.50 bits per heavy atom. The first-order valence-corrected chi connectivity index (χ1v) is 7.32. The fourth-order valence-electron chi connectivity index (χ4n) is 3.06. The zero-order valence-electron chi connectivity index (χ0n) is 12.1. The molecule has 1 atom stereocenters. The molecule has 0 saturated carbocycles. The van der Waals surface area contributed by atoms with Crippen LogP contribution in [-0.2, 0) is 4.79 Å². The van der Waals surface area contributed by atoms with E-state index in [9.17, 15) is 4.79 Å². The minimum Gasteiger partial charge on any atom is -0.297 e. The quantitative estimate of drug-likeness (QED) is 0.502. The predicted molar refractivity (Wildman–Crippen MR) is 89.8 cm³/mol. The number of rotatable bonds is 2. The number of carbonyl (C=O) groups is 1. The zero-order valence-corrected chi connectivity index (χ0v) is 12.1. The van der Waals surface area contributed by atoms with Crippen molar-refractivity contribution in [2.75, 3.05) is 4.90 Å². The molecule has 106 valence electrons. The topological polar surface area (TPSA) is 20.3 Å². The number of benzene rings is 3. The first-order chi connectivity index (χ1) is 10.8. The monoisotopic (exact) mass is 285 g/mol. The molecule has 0 radical (unpaired) electrons. The summed E-state index contributed by atoms with van der Waals surface area (Å²) >= 11 is 0. The lowest BCUT2D eigenvalue weighted by molar-refractivity contribution is -0.118. The Hall–Kier alpha value is -2.87. The fraction of sp³-hybridized carbons (Fsp3) is 0.0500. The Morgan fingerprint density at radius 3 is 2.27 bits per heavy atom. The third kappa shape index (κ3) is 1.85. The van der Waals surface area contributed by atoms with Crippen LogP contribution in [0.4, 0.5) is 5.69 Å². The van der Waals surface area contributed by atoms with E-state index in [2.05, 4.69) is 30.8 Å². The third-order valence-electron chi connectivity index (χ3n) is 4.21. The molecular formula is C20H15NO. The molecule has 2 heteroatoms. The van der Waals surface area contributed by atoms with E-state index in [0.717, 1.165) is 16.6 Å². The summed E-state index contributed by atoms with van der Waals surface area (Å²) in [5.41, 5.74) is 2.67. The van der Waals surface area contributed by atoms with E-state index in [4.69, 9.17) is 0 Å². The van der Waals surface area contributed by atoms with Crippen LogP contribution in [-0.4, -0.2) is 5.91 Å². The van der Waals surface area contributed by atoms with Crippen molar-refractivity contribution in [3.8, 4) is 0 Å². The fourth-order valence-corrected chi connectivity index (χ4v) is 3.06. The molecule has 0 aromatic heterocycles. The van der Waals surface area contributed by atoms with Crippen molar-refractivity contribution in [3.63, 3.8) is 0 Å². The molecule has 22 heavy (non-hydrogen) atoms. The summed E-state index contributed by atoms with van der Waals surface area (Å²) < 4.78 is 0. The molecule has 1 aliphatic heterocycles. The molecule has 3 aromatic rings. The van der Waals surface area contributed by atoms with E-state index in [1.54, 1.807) is 0 Å². The Bertz CT molecular complexity index is 882. The molecule has 0 spiro atoms.